The molecule has 3 aromatic rings. The molecule has 0 saturated heterocycles. The normalized spacial score (nSPS) is 11.9. The summed E-state index contributed by atoms with van der Waals surface area (Å²) in [7, 11) is 0. The number of carbonyl (C=O) groups is 1. The van der Waals surface area contributed by atoms with E-state index in [4.69, 9.17) is 10.1 Å². The lowest BCUT2D eigenvalue weighted by Gasteiger charge is -2.11. The first-order valence-corrected chi connectivity index (χ1v) is 7.89. The first kappa shape index (κ1) is 15.8. The van der Waals surface area contributed by atoms with E-state index >= 15 is 0 Å². The molecule has 0 saturated carbocycles. The van der Waals surface area contributed by atoms with Crippen LogP contribution in [0.4, 0.5) is 4.79 Å². The smallest absolute Gasteiger partial charge is 0.405 e. The van der Waals surface area contributed by atoms with E-state index in [1.807, 2.05) is 67.6 Å². The van der Waals surface area contributed by atoms with E-state index in [9.17, 15) is 4.79 Å². The van der Waals surface area contributed by atoms with Gasteiger partial charge >= 0.3 is 6.09 Å². The van der Waals surface area contributed by atoms with Gasteiger partial charge in [0.1, 0.15) is 5.82 Å². The Hall–Kier alpha value is -3.08. The molecular weight excluding hydrogens is 302 g/mol. The molecule has 1 atom stereocenters. The van der Waals surface area contributed by atoms with E-state index in [-0.39, 0.29) is 6.04 Å². The minimum Gasteiger partial charge on any atom is -0.465 e. The van der Waals surface area contributed by atoms with Crippen LogP contribution in [0.2, 0.25) is 0 Å². The third kappa shape index (κ3) is 3.30. The predicted octanol–water partition coefficient (Wildman–Crippen LogP) is 4.46. The lowest BCUT2D eigenvalue weighted by Crippen LogP contribution is -2.27. The van der Waals surface area contributed by atoms with Crippen molar-refractivity contribution in [2.24, 2.45) is 0 Å². The van der Waals surface area contributed by atoms with Crippen molar-refractivity contribution in [3.05, 3.63) is 66.5 Å². The van der Waals surface area contributed by atoms with Crippen molar-refractivity contribution in [3.8, 4) is 22.5 Å². The maximum Gasteiger partial charge on any atom is 0.405 e. The molecule has 1 unspecified atom stereocenters. The van der Waals surface area contributed by atoms with Crippen molar-refractivity contribution < 1.29 is 9.90 Å². The number of carboxylic acid groups (broad SMARTS) is 1. The van der Waals surface area contributed by atoms with Gasteiger partial charge in [-0.05, 0) is 6.42 Å². The maximum atomic E-state index is 11.0. The van der Waals surface area contributed by atoms with Crippen molar-refractivity contribution in [2.45, 2.75) is 19.4 Å². The van der Waals surface area contributed by atoms with E-state index in [1.54, 1.807) is 0 Å². The summed E-state index contributed by atoms with van der Waals surface area (Å²) in [4.78, 5) is 19.0. The second-order valence-electron chi connectivity index (χ2n) is 5.49. The van der Waals surface area contributed by atoms with Crippen LogP contribution in [-0.4, -0.2) is 21.2 Å². The zero-order valence-electron chi connectivity index (χ0n) is 13.4. The molecule has 0 spiro atoms. The number of nitrogens with zero attached hydrogens (tertiary/aromatic N) is 1. The quantitative estimate of drug-likeness (QED) is 0.649. The molecule has 0 radical (unpaired) electrons. The molecule has 122 valence electrons. The molecule has 24 heavy (non-hydrogen) atoms. The number of hydrogen-bond donors (Lipinski definition) is 3. The highest BCUT2D eigenvalue weighted by molar-refractivity contribution is 5.78. The Labute approximate surface area is 140 Å². The Kier molecular flexibility index (Phi) is 4.61. The molecule has 3 N–H and O–H groups in total. The largest absolute Gasteiger partial charge is 0.465 e. The molecule has 3 rings (SSSR count). The number of rotatable bonds is 5. The van der Waals surface area contributed by atoms with Gasteiger partial charge in [0.2, 0.25) is 0 Å². The Morgan fingerprint density at radius 1 is 1.08 bits per heavy atom. The summed E-state index contributed by atoms with van der Waals surface area (Å²) < 4.78 is 0. The average molecular weight is 321 g/mol. The van der Waals surface area contributed by atoms with Gasteiger partial charge in [0, 0.05) is 11.1 Å². The van der Waals surface area contributed by atoms with E-state index in [1.165, 1.54) is 0 Å². The molecule has 0 aliphatic carbocycles. The third-order valence-corrected chi connectivity index (χ3v) is 3.87. The second-order valence-corrected chi connectivity index (χ2v) is 5.49. The third-order valence-electron chi connectivity index (χ3n) is 3.87. The van der Waals surface area contributed by atoms with Gasteiger partial charge in [-0.1, -0.05) is 67.6 Å². The number of aromatic amines is 1. The topological polar surface area (TPSA) is 78.0 Å². The van der Waals surface area contributed by atoms with Gasteiger partial charge in [-0.15, -0.1) is 0 Å². The van der Waals surface area contributed by atoms with Crippen LogP contribution in [0, 0.1) is 0 Å². The Morgan fingerprint density at radius 2 is 1.67 bits per heavy atom. The van der Waals surface area contributed by atoms with E-state index in [2.05, 4.69) is 10.3 Å². The summed E-state index contributed by atoms with van der Waals surface area (Å²) in [5, 5.41) is 11.5. The van der Waals surface area contributed by atoms with Crippen LogP contribution in [0.15, 0.2) is 60.7 Å². The maximum absolute atomic E-state index is 11.0. The van der Waals surface area contributed by atoms with Crippen LogP contribution in [0.3, 0.4) is 0 Å². The highest BCUT2D eigenvalue weighted by Crippen LogP contribution is 2.31. The Morgan fingerprint density at radius 3 is 2.21 bits per heavy atom. The number of nitrogens with one attached hydrogen (secondary N) is 2. The predicted molar refractivity (Wildman–Crippen MR) is 93.7 cm³/mol. The minimum atomic E-state index is -1.05. The standard InChI is InChI=1S/C19H19N3O2/c1-2-15(20-19(23)24)18-21-16(13-9-5-3-6-10-13)17(22-18)14-11-7-4-8-12-14/h3-12,15,20H,2H2,1H3,(H,21,22)(H,23,24). The zero-order chi connectivity index (χ0) is 16.9. The Balaban J connectivity index is 2.11. The van der Waals surface area contributed by atoms with Gasteiger partial charge in [-0.25, -0.2) is 9.78 Å². The van der Waals surface area contributed by atoms with Crippen LogP contribution in [0.5, 0.6) is 0 Å². The van der Waals surface area contributed by atoms with Gasteiger partial charge in [0.05, 0.1) is 17.4 Å². The number of amides is 1. The minimum absolute atomic E-state index is 0.373. The number of aromatic nitrogens is 2. The summed E-state index contributed by atoms with van der Waals surface area (Å²) in [5.74, 6) is 0.623. The molecule has 1 amide bonds. The first-order chi connectivity index (χ1) is 11.7. The van der Waals surface area contributed by atoms with Crippen molar-refractivity contribution >= 4 is 6.09 Å². The SMILES string of the molecule is CCC(NC(=O)O)c1nc(-c2ccccc2)c(-c2ccccc2)[nH]1. The van der Waals surface area contributed by atoms with Crippen LogP contribution in [-0.2, 0) is 0 Å². The fourth-order valence-corrected chi connectivity index (χ4v) is 2.69. The molecule has 0 aliphatic heterocycles. The molecule has 5 nitrogen and oxygen atoms in total. The van der Waals surface area contributed by atoms with Gasteiger partial charge < -0.3 is 15.4 Å². The van der Waals surface area contributed by atoms with Crippen molar-refractivity contribution in [3.63, 3.8) is 0 Å². The summed E-state index contributed by atoms with van der Waals surface area (Å²) in [6.07, 6.45) is -0.441. The van der Waals surface area contributed by atoms with Crippen LogP contribution in [0.1, 0.15) is 25.2 Å². The van der Waals surface area contributed by atoms with Gasteiger partial charge in [0.15, 0.2) is 0 Å². The number of H-pyrrole nitrogens is 1. The molecule has 1 aromatic heterocycles. The number of hydrogen-bond acceptors (Lipinski definition) is 2. The van der Waals surface area contributed by atoms with E-state index in [0.717, 1.165) is 22.5 Å². The number of benzene rings is 2. The van der Waals surface area contributed by atoms with Crippen LogP contribution in [0.25, 0.3) is 22.5 Å². The summed E-state index contributed by atoms with van der Waals surface area (Å²) in [6.45, 7) is 1.92. The monoisotopic (exact) mass is 321 g/mol. The van der Waals surface area contributed by atoms with Crippen molar-refractivity contribution in [1.82, 2.24) is 15.3 Å². The summed E-state index contributed by atoms with van der Waals surface area (Å²) in [5.41, 5.74) is 3.72. The van der Waals surface area contributed by atoms with Crippen LogP contribution < -0.4 is 5.32 Å². The fraction of sp³-hybridized carbons (Fsp3) is 0.158. The van der Waals surface area contributed by atoms with Crippen molar-refractivity contribution in [2.75, 3.05) is 0 Å². The Bertz CT molecular complexity index is 756. The van der Waals surface area contributed by atoms with E-state index in [0.29, 0.717) is 12.2 Å². The molecular formula is C19H19N3O2. The van der Waals surface area contributed by atoms with E-state index < -0.39 is 6.09 Å². The highest BCUT2D eigenvalue weighted by atomic mass is 16.4. The fourth-order valence-electron chi connectivity index (χ4n) is 2.69. The number of imidazole rings is 1. The molecule has 0 bridgehead atoms. The van der Waals surface area contributed by atoms with Gasteiger partial charge in [0.25, 0.3) is 0 Å². The highest BCUT2D eigenvalue weighted by Gasteiger charge is 2.20. The molecule has 2 aromatic carbocycles. The zero-order valence-corrected chi connectivity index (χ0v) is 13.4. The summed E-state index contributed by atoms with van der Waals surface area (Å²) in [6, 6.07) is 19.4. The first-order valence-electron chi connectivity index (χ1n) is 7.89. The molecule has 0 fully saturated rings. The van der Waals surface area contributed by atoms with Crippen molar-refractivity contribution in [1.29, 1.82) is 0 Å². The van der Waals surface area contributed by atoms with Gasteiger partial charge in [-0.3, -0.25) is 0 Å². The van der Waals surface area contributed by atoms with Crippen LogP contribution >= 0.6 is 0 Å². The lowest BCUT2D eigenvalue weighted by atomic mass is 10.1. The summed E-state index contributed by atoms with van der Waals surface area (Å²) >= 11 is 0. The van der Waals surface area contributed by atoms with Gasteiger partial charge in [-0.2, -0.15) is 0 Å². The lowest BCUT2D eigenvalue weighted by molar-refractivity contribution is 0.189. The average Bonchev–Trinajstić information content (AvgIpc) is 3.06. The molecule has 1 heterocycles. The molecule has 5 heteroatoms. The molecule has 0 aliphatic rings. The second kappa shape index (κ2) is 7.00.